The highest BCUT2D eigenvalue weighted by atomic mass is 35.5. The Morgan fingerprint density at radius 3 is 2.73 bits per heavy atom. The van der Waals surface area contributed by atoms with E-state index in [1.165, 1.54) is 0 Å². The topological polar surface area (TPSA) is 123 Å². The minimum atomic E-state index is -3.84. The summed E-state index contributed by atoms with van der Waals surface area (Å²) in [6.45, 7) is 3.60. The average Bonchev–Trinajstić information content (AvgIpc) is 3.08. The van der Waals surface area contributed by atoms with Crippen LogP contribution in [0.25, 0.3) is 16.9 Å². The van der Waals surface area contributed by atoms with E-state index in [0.717, 1.165) is 5.69 Å². The molecule has 1 aliphatic rings. The van der Waals surface area contributed by atoms with Crippen molar-refractivity contribution in [2.45, 2.75) is 56.1 Å². The van der Waals surface area contributed by atoms with Gasteiger partial charge in [-0.15, -0.1) is 0 Å². The number of benzene rings is 1. The molecule has 30 heavy (non-hydrogen) atoms. The van der Waals surface area contributed by atoms with Crippen molar-refractivity contribution in [1.82, 2.24) is 19.1 Å². The van der Waals surface area contributed by atoms with Crippen molar-refractivity contribution in [3.8, 4) is 11.3 Å². The number of hydrogen-bond donors (Lipinski definition) is 3. The molecule has 1 aliphatic carbocycles. The van der Waals surface area contributed by atoms with E-state index in [-0.39, 0.29) is 16.0 Å². The SMILES string of the molecule is Cc1cn2c(-c3ccc(Cl)c(S(=O)(=O)N[C@H]4CC[C@@](C)(O)CC4)c3)cnc2c(N)n1. The Morgan fingerprint density at radius 2 is 2.03 bits per heavy atom. The van der Waals surface area contributed by atoms with Crippen LogP contribution in [0.4, 0.5) is 5.82 Å². The molecule has 0 unspecified atom stereocenters. The van der Waals surface area contributed by atoms with Gasteiger partial charge in [-0.05, 0) is 51.7 Å². The van der Waals surface area contributed by atoms with Gasteiger partial charge in [0.1, 0.15) is 4.90 Å². The van der Waals surface area contributed by atoms with Crippen molar-refractivity contribution in [3.05, 3.63) is 41.3 Å². The molecule has 160 valence electrons. The molecule has 0 bridgehead atoms. The number of nitrogens with two attached hydrogens (primary N) is 1. The summed E-state index contributed by atoms with van der Waals surface area (Å²) in [5, 5.41) is 10.2. The third-order valence-corrected chi connectivity index (χ3v) is 7.54. The number of nitrogens with zero attached hydrogens (tertiary/aromatic N) is 3. The number of imidazole rings is 1. The number of fused-ring (bicyclic) bond motifs is 1. The predicted molar refractivity (Wildman–Crippen MR) is 116 cm³/mol. The van der Waals surface area contributed by atoms with E-state index < -0.39 is 15.6 Å². The second kappa shape index (κ2) is 7.49. The summed E-state index contributed by atoms with van der Waals surface area (Å²) in [5.41, 5.74) is 7.76. The van der Waals surface area contributed by atoms with Gasteiger partial charge in [0, 0.05) is 17.8 Å². The van der Waals surface area contributed by atoms with E-state index in [1.807, 2.05) is 6.92 Å². The van der Waals surface area contributed by atoms with Gasteiger partial charge >= 0.3 is 0 Å². The summed E-state index contributed by atoms with van der Waals surface area (Å²) in [5.74, 6) is 0.304. The number of aliphatic hydroxyl groups is 1. The fourth-order valence-corrected chi connectivity index (χ4v) is 5.69. The molecule has 0 amide bonds. The fourth-order valence-electron chi connectivity index (χ4n) is 3.86. The molecule has 0 radical (unpaired) electrons. The number of aryl methyl sites for hydroxylation is 1. The molecule has 2 aromatic heterocycles. The van der Waals surface area contributed by atoms with E-state index in [2.05, 4.69) is 14.7 Å². The molecule has 10 heteroatoms. The maximum atomic E-state index is 13.1. The normalized spacial score (nSPS) is 22.5. The van der Waals surface area contributed by atoms with Gasteiger partial charge in [-0.3, -0.25) is 4.40 Å². The van der Waals surface area contributed by atoms with Gasteiger partial charge in [0.2, 0.25) is 10.0 Å². The molecule has 0 saturated heterocycles. The van der Waals surface area contributed by atoms with Crippen LogP contribution in [0.5, 0.6) is 0 Å². The highest BCUT2D eigenvalue weighted by Gasteiger charge is 2.31. The van der Waals surface area contributed by atoms with Crippen molar-refractivity contribution in [1.29, 1.82) is 0 Å². The Balaban J connectivity index is 1.69. The van der Waals surface area contributed by atoms with Crippen LogP contribution in [0, 0.1) is 6.92 Å². The smallest absolute Gasteiger partial charge is 0.242 e. The highest BCUT2D eigenvalue weighted by molar-refractivity contribution is 7.89. The Morgan fingerprint density at radius 1 is 1.33 bits per heavy atom. The molecule has 4 rings (SSSR count). The largest absolute Gasteiger partial charge is 0.390 e. The van der Waals surface area contributed by atoms with Gasteiger partial charge in [0.15, 0.2) is 11.5 Å². The Labute approximate surface area is 180 Å². The summed E-state index contributed by atoms with van der Waals surface area (Å²) in [6, 6.07) is 4.61. The minimum absolute atomic E-state index is 0.00713. The lowest BCUT2D eigenvalue weighted by Gasteiger charge is -2.33. The summed E-state index contributed by atoms with van der Waals surface area (Å²) in [4.78, 5) is 8.52. The number of hydrogen-bond acceptors (Lipinski definition) is 6. The summed E-state index contributed by atoms with van der Waals surface area (Å²) < 4.78 is 30.7. The van der Waals surface area contributed by atoms with Gasteiger partial charge < -0.3 is 10.8 Å². The molecule has 3 aromatic rings. The molecule has 1 aromatic carbocycles. The maximum absolute atomic E-state index is 13.1. The van der Waals surface area contributed by atoms with E-state index in [1.54, 1.807) is 41.9 Å². The molecule has 1 fully saturated rings. The lowest BCUT2D eigenvalue weighted by molar-refractivity contribution is 0.0163. The van der Waals surface area contributed by atoms with Crippen LogP contribution in [0.2, 0.25) is 5.02 Å². The first kappa shape index (κ1) is 21.0. The second-order valence-electron chi connectivity index (χ2n) is 8.14. The van der Waals surface area contributed by atoms with E-state index in [0.29, 0.717) is 48.4 Å². The maximum Gasteiger partial charge on any atom is 0.242 e. The van der Waals surface area contributed by atoms with Crippen LogP contribution in [-0.4, -0.2) is 39.5 Å². The van der Waals surface area contributed by atoms with Crippen LogP contribution in [0.15, 0.2) is 35.5 Å². The Bertz CT molecular complexity index is 1210. The van der Waals surface area contributed by atoms with Crippen molar-refractivity contribution in [2.75, 3.05) is 5.73 Å². The molecule has 1 saturated carbocycles. The van der Waals surface area contributed by atoms with Crippen molar-refractivity contribution < 1.29 is 13.5 Å². The highest BCUT2D eigenvalue weighted by Crippen LogP contribution is 2.32. The van der Waals surface area contributed by atoms with Gasteiger partial charge in [0.25, 0.3) is 0 Å². The number of anilines is 1. The quantitative estimate of drug-likeness (QED) is 0.562. The first-order chi connectivity index (χ1) is 14.1. The lowest BCUT2D eigenvalue weighted by atomic mass is 9.84. The molecular formula is C20H24ClN5O3S. The van der Waals surface area contributed by atoms with Crippen molar-refractivity contribution in [2.24, 2.45) is 0 Å². The zero-order valence-corrected chi connectivity index (χ0v) is 18.3. The standard InChI is InChI=1S/C20H24ClN5O3S/c1-12-11-26-16(10-23-19(26)18(22)24-12)13-3-4-15(21)17(9-13)30(28,29)25-14-5-7-20(2,27)8-6-14/h3-4,9-11,14,25,27H,5-8H2,1-2H3,(H2,22,24)/t14-,20+. The third kappa shape index (κ3) is 4.02. The van der Waals surface area contributed by atoms with Crippen molar-refractivity contribution in [3.63, 3.8) is 0 Å². The Hall–Kier alpha value is -2.20. The number of halogens is 1. The number of sulfonamides is 1. The predicted octanol–water partition coefficient (Wildman–Crippen LogP) is 2.91. The van der Waals surface area contributed by atoms with E-state index in [4.69, 9.17) is 17.3 Å². The number of rotatable bonds is 4. The number of aromatic nitrogens is 3. The monoisotopic (exact) mass is 449 g/mol. The first-order valence-corrected chi connectivity index (χ1v) is 11.6. The summed E-state index contributed by atoms with van der Waals surface area (Å²) in [7, 11) is -3.84. The van der Waals surface area contributed by atoms with E-state index in [9.17, 15) is 13.5 Å². The Kier molecular flexibility index (Phi) is 5.26. The molecule has 2 heterocycles. The average molecular weight is 450 g/mol. The van der Waals surface area contributed by atoms with Gasteiger partial charge in [-0.25, -0.2) is 23.1 Å². The minimum Gasteiger partial charge on any atom is -0.390 e. The van der Waals surface area contributed by atoms with E-state index >= 15 is 0 Å². The van der Waals surface area contributed by atoms with Gasteiger partial charge in [-0.1, -0.05) is 17.7 Å². The molecule has 0 spiro atoms. The molecular weight excluding hydrogens is 426 g/mol. The van der Waals surface area contributed by atoms with Gasteiger partial charge in [0.05, 0.1) is 28.2 Å². The zero-order chi connectivity index (χ0) is 21.7. The first-order valence-electron chi connectivity index (χ1n) is 9.70. The summed E-state index contributed by atoms with van der Waals surface area (Å²) >= 11 is 6.26. The number of nitrogens with one attached hydrogen (secondary N) is 1. The fraction of sp³-hybridized carbons (Fsp3) is 0.400. The van der Waals surface area contributed by atoms with Crippen LogP contribution >= 0.6 is 11.6 Å². The van der Waals surface area contributed by atoms with Gasteiger partial charge in [-0.2, -0.15) is 0 Å². The zero-order valence-electron chi connectivity index (χ0n) is 16.8. The molecule has 4 N–H and O–H groups in total. The summed E-state index contributed by atoms with van der Waals surface area (Å²) in [6.07, 6.45) is 5.66. The molecule has 0 atom stereocenters. The second-order valence-corrected chi connectivity index (χ2v) is 10.2. The van der Waals surface area contributed by atoms with Crippen LogP contribution in [0.3, 0.4) is 0 Å². The molecule has 8 nitrogen and oxygen atoms in total. The lowest BCUT2D eigenvalue weighted by Crippen LogP contribution is -2.42. The number of nitrogen functional groups attached to an aromatic ring is 1. The van der Waals surface area contributed by atoms with Crippen LogP contribution in [-0.2, 0) is 10.0 Å². The van der Waals surface area contributed by atoms with Crippen molar-refractivity contribution >= 4 is 33.1 Å². The van der Waals surface area contributed by atoms with Crippen LogP contribution < -0.4 is 10.5 Å². The van der Waals surface area contributed by atoms with Crippen LogP contribution in [0.1, 0.15) is 38.3 Å². The third-order valence-electron chi connectivity index (χ3n) is 5.54. The molecule has 0 aliphatic heterocycles.